The van der Waals surface area contributed by atoms with Crippen molar-refractivity contribution in [3.63, 3.8) is 0 Å². The van der Waals surface area contributed by atoms with E-state index in [1.807, 2.05) is 24.3 Å². The molecule has 0 spiro atoms. The molecule has 6 heteroatoms. The number of hydrogen-bond acceptors (Lipinski definition) is 5. The summed E-state index contributed by atoms with van der Waals surface area (Å²) in [5, 5.41) is 0. The summed E-state index contributed by atoms with van der Waals surface area (Å²) in [5.74, 6) is 1.16. The second-order valence-electron chi connectivity index (χ2n) is 4.72. The Labute approximate surface area is 126 Å². The zero-order valence-corrected chi connectivity index (χ0v) is 12.2. The van der Waals surface area contributed by atoms with E-state index in [1.165, 1.54) is 4.57 Å². The predicted octanol–water partition coefficient (Wildman–Crippen LogP) is 2.47. The zero-order valence-electron chi connectivity index (χ0n) is 12.2. The molecule has 2 aromatic heterocycles. The minimum atomic E-state index is -0.391. The van der Waals surface area contributed by atoms with E-state index in [0.717, 1.165) is 11.5 Å². The Bertz CT molecular complexity index is 805. The number of aromatic nitrogens is 2. The van der Waals surface area contributed by atoms with Crippen LogP contribution in [0.5, 0.6) is 11.5 Å². The van der Waals surface area contributed by atoms with Gasteiger partial charge in [-0.1, -0.05) is 0 Å². The lowest BCUT2D eigenvalue weighted by molar-refractivity contribution is 0.299. The minimum absolute atomic E-state index is 0.391. The molecule has 0 bridgehead atoms. The Morgan fingerprint density at radius 2 is 1.95 bits per heavy atom. The average Bonchev–Trinajstić information content (AvgIpc) is 2.88. The van der Waals surface area contributed by atoms with Gasteiger partial charge in [-0.25, -0.2) is 9.78 Å². The van der Waals surface area contributed by atoms with Crippen molar-refractivity contribution in [2.45, 2.75) is 13.0 Å². The maximum atomic E-state index is 11.8. The molecule has 0 radical (unpaired) electrons. The fraction of sp³-hybridized carbons (Fsp3) is 0.250. The summed E-state index contributed by atoms with van der Waals surface area (Å²) >= 11 is 0. The van der Waals surface area contributed by atoms with Crippen molar-refractivity contribution in [3.05, 3.63) is 53.1 Å². The first-order valence-corrected chi connectivity index (χ1v) is 6.99. The van der Waals surface area contributed by atoms with E-state index in [2.05, 4.69) is 4.98 Å². The van der Waals surface area contributed by atoms with Gasteiger partial charge in [0.25, 0.3) is 0 Å². The van der Waals surface area contributed by atoms with Crippen LogP contribution in [0.15, 0.2) is 51.8 Å². The molecule has 0 aliphatic carbocycles. The van der Waals surface area contributed by atoms with Crippen LogP contribution in [0.1, 0.15) is 6.42 Å². The van der Waals surface area contributed by atoms with Crippen LogP contribution in [0.4, 0.5) is 0 Å². The van der Waals surface area contributed by atoms with Crippen molar-refractivity contribution < 1.29 is 13.9 Å². The summed E-state index contributed by atoms with van der Waals surface area (Å²) in [4.78, 5) is 15.9. The van der Waals surface area contributed by atoms with Crippen molar-refractivity contribution in [3.8, 4) is 11.5 Å². The van der Waals surface area contributed by atoms with E-state index in [1.54, 1.807) is 25.4 Å². The van der Waals surface area contributed by atoms with Gasteiger partial charge in [-0.05, 0) is 42.8 Å². The van der Waals surface area contributed by atoms with E-state index >= 15 is 0 Å². The van der Waals surface area contributed by atoms with Crippen LogP contribution in [0.2, 0.25) is 0 Å². The highest BCUT2D eigenvalue weighted by Crippen LogP contribution is 2.17. The van der Waals surface area contributed by atoms with Crippen LogP contribution in [-0.4, -0.2) is 23.3 Å². The summed E-state index contributed by atoms with van der Waals surface area (Å²) in [5.41, 5.74) is 1.07. The third-order valence-corrected chi connectivity index (χ3v) is 3.28. The molecule has 0 unspecified atom stereocenters. The number of benzene rings is 1. The molecule has 0 atom stereocenters. The summed E-state index contributed by atoms with van der Waals surface area (Å²) in [6.45, 7) is 0.997. The Morgan fingerprint density at radius 3 is 2.73 bits per heavy atom. The van der Waals surface area contributed by atoms with Gasteiger partial charge in [0.15, 0.2) is 11.2 Å². The Kier molecular flexibility index (Phi) is 4.09. The second-order valence-corrected chi connectivity index (χ2v) is 4.72. The van der Waals surface area contributed by atoms with Crippen molar-refractivity contribution >= 4 is 11.2 Å². The Hall–Kier alpha value is -2.76. The molecule has 1 aromatic carbocycles. The largest absolute Gasteiger partial charge is 0.497 e. The maximum Gasteiger partial charge on any atom is 0.421 e. The molecule has 0 amide bonds. The third-order valence-electron chi connectivity index (χ3n) is 3.28. The van der Waals surface area contributed by atoms with Crippen LogP contribution in [0.25, 0.3) is 11.2 Å². The van der Waals surface area contributed by atoms with E-state index in [0.29, 0.717) is 30.8 Å². The molecule has 0 aliphatic heterocycles. The van der Waals surface area contributed by atoms with E-state index < -0.39 is 5.76 Å². The highest BCUT2D eigenvalue weighted by atomic mass is 16.5. The predicted molar refractivity (Wildman–Crippen MR) is 81.4 cm³/mol. The number of pyridine rings is 1. The van der Waals surface area contributed by atoms with Gasteiger partial charge in [0.1, 0.15) is 11.5 Å². The quantitative estimate of drug-likeness (QED) is 0.654. The molecule has 0 N–H and O–H groups in total. The topological polar surface area (TPSA) is 66.5 Å². The number of hydrogen-bond donors (Lipinski definition) is 0. The summed E-state index contributed by atoms with van der Waals surface area (Å²) < 4.78 is 17.4. The zero-order chi connectivity index (χ0) is 15.4. The number of fused-ring (bicyclic) bond motifs is 1. The van der Waals surface area contributed by atoms with Gasteiger partial charge >= 0.3 is 5.76 Å². The van der Waals surface area contributed by atoms with Crippen LogP contribution in [0, 0.1) is 0 Å². The molecule has 3 rings (SSSR count). The summed E-state index contributed by atoms with van der Waals surface area (Å²) in [6, 6.07) is 10.8. The van der Waals surface area contributed by atoms with Gasteiger partial charge in [0.05, 0.1) is 13.7 Å². The van der Waals surface area contributed by atoms with Gasteiger partial charge in [-0.3, -0.25) is 4.57 Å². The normalized spacial score (nSPS) is 10.8. The van der Waals surface area contributed by atoms with Crippen LogP contribution >= 0.6 is 0 Å². The molecule has 2 heterocycles. The van der Waals surface area contributed by atoms with Gasteiger partial charge in [0, 0.05) is 12.7 Å². The molecular weight excluding hydrogens is 284 g/mol. The first-order chi connectivity index (χ1) is 10.8. The van der Waals surface area contributed by atoms with Crippen molar-refractivity contribution in [2.24, 2.45) is 0 Å². The molecule has 3 aromatic rings. The summed E-state index contributed by atoms with van der Waals surface area (Å²) in [6.07, 6.45) is 2.32. The van der Waals surface area contributed by atoms with Gasteiger partial charge in [0.2, 0.25) is 0 Å². The first kappa shape index (κ1) is 14.2. The van der Waals surface area contributed by atoms with Crippen molar-refractivity contribution in [1.29, 1.82) is 0 Å². The number of rotatable bonds is 6. The standard InChI is InChI=1S/C16H16N2O4/c1-20-12-5-7-13(8-6-12)21-11-3-10-18-15-14(22-16(18)19)4-2-9-17-15/h2,4-9H,3,10-11H2,1H3. The van der Waals surface area contributed by atoms with Gasteiger partial charge < -0.3 is 13.9 Å². The maximum absolute atomic E-state index is 11.8. The fourth-order valence-corrected chi connectivity index (χ4v) is 2.18. The number of methoxy groups -OCH3 is 1. The smallest absolute Gasteiger partial charge is 0.421 e. The van der Waals surface area contributed by atoms with E-state index in [9.17, 15) is 4.79 Å². The van der Waals surface area contributed by atoms with Crippen LogP contribution in [-0.2, 0) is 6.54 Å². The number of oxazole rings is 1. The Balaban J connectivity index is 1.58. The van der Waals surface area contributed by atoms with Crippen molar-refractivity contribution in [1.82, 2.24) is 9.55 Å². The van der Waals surface area contributed by atoms with E-state index in [4.69, 9.17) is 13.9 Å². The van der Waals surface area contributed by atoms with E-state index in [-0.39, 0.29) is 0 Å². The molecule has 22 heavy (non-hydrogen) atoms. The number of aryl methyl sites for hydroxylation is 1. The number of nitrogens with zero attached hydrogens (tertiary/aromatic N) is 2. The SMILES string of the molecule is COc1ccc(OCCCn2c(=O)oc3cccnc32)cc1. The second kappa shape index (κ2) is 6.34. The molecule has 0 saturated heterocycles. The molecule has 0 fully saturated rings. The molecule has 114 valence electrons. The highest BCUT2D eigenvalue weighted by molar-refractivity contribution is 5.67. The third kappa shape index (κ3) is 2.95. The molecular formula is C16H16N2O4. The lowest BCUT2D eigenvalue weighted by Crippen LogP contribution is -2.16. The average molecular weight is 300 g/mol. The summed E-state index contributed by atoms with van der Waals surface area (Å²) in [7, 11) is 1.62. The van der Waals surface area contributed by atoms with Crippen molar-refractivity contribution in [2.75, 3.05) is 13.7 Å². The first-order valence-electron chi connectivity index (χ1n) is 6.99. The lowest BCUT2D eigenvalue weighted by Gasteiger charge is -2.07. The van der Waals surface area contributed by atoms with Gasteiger partial charge in [-0.15, -0.1) is 0 Å². The highest BCUT2D eigenvalue weighted by Gasteiger charge is 2.09. The molecule has 6 nitrogen and oxygen atoms in total. The molecule has 0 aliphatic rings. The lowest BCUT2D eigenvalue weighted by atomic mass is 10.3. The fourth-order valence-electron chi connectivity index (χ4n) is 2.18. The molecule has 0 saturated carbocycles. The Morgan fingerprint density at radius 1 is 1.18 bits per heavy atom. The minimum Gasteiger partial charge on any atom is -0.497 e. The van der Waals surface area contributed by atoms with Gasteiger partial charge in [-0.2, -0.15) is 0 Å². The monoisotopic (exact) mass is 300 g/mol. The number of ether oxygens (including phenoxy) is 2. The van der Waals surface area contributed by atoms with Crippen LogP contribution in [0.3, 0.4) is 0 Å². The van der Waals surface area contributed by atoms with Crippen LogP contribution < -0.4 is 15.2 Å².